The summed E-state index contributed by atoms with van der Waals surface area (Å²) < 4.78 is 0. The predicted molar refractivity (Wildman–Crippen MR) is 74.8 cm³/mol. The highest BCUT2D eigenvalue weighted by molar-refractivity contribution is 7.10. The van der Waals surface area contributed by atoms with E-state index in [1.54, 1.807) is 11.3 Å². The number of carbonyl (C=O) groups excluding carboxylic acids is 1. The number of hydrogen-bond donors (Lipinski definition) is 2. The summed E-state index contributed by atoms with van der Waals surface area (Å²) in [7, 11) is 0. The lowest BCUT2D eigenvalue weighted by molar-refractivity contribution is 0.100. The lowest BCUT2D eigenvalue weighted by atomic mass is 10.1. The Labute approximate surface area is 112 Å². The molecule has 1 aliphatic heterocycles. The summed E-state index contributed by atoms with van der Waals surface area (Å²) in [5, 5.41) is 5.24. The highest BCUT2D eigenvalue weighted by atomic mass is 32.1. The second-order valence-corrected chi connectivity index (χ2v) is 5.74. The molecule has 0 aliphatic carbocycles. The lowest BCUT2D eigenvalue weighted by Crippen LogP contribution is -2.35. The molecule has 2 heterocycles. The zero-order chi connectivity index (χ0) is 12.8. The third-order valence-electron chi connectivity index (χ3n) is 3.29. The van der Waals surface area contributed by atoms with Crippen LogP contribution in [0.5, 0.6) is 0 Å². The second kappa shape index (κ2) is 6.87. The Morgan fingerprint density at radius 1 is 1.39 bits per heavy atom. The van der Waals surface area contributed by atoms with Gasteiger partial charge < -0.3 is 16.0 Å². The van der Waals surface area contributed by atoms with Crippen LogP contribution >= 0.6 is 11.3 Å². The van der Waals surface area contributed by atoms with Gasteiger partial charge in [0.15, 0.2) is 0 Å². The van der Waals surface area contributed by atoms with Gasteiger partial charge in [0.1, 0.15) is 0 Å². The number of hydrogen-bond acceptors (Lipinski definition) is 4. The highest BCUT2D eigenvalue weighted by Crippen LogP contribution is 2.13. The Morgan fingerprint density at radius 3 is 2.83 bits per heavy atom. The summed E-state index contributed by atoms with van der Waals surface area (Å²) in [4.78, 5) is 14.6. The second-order valence-electron chi connectivity index (χ2n) is 4.75. The average molecular weight is 267 g/mol. The van der Waals surface area contributed by atoms with Crippen LogP contribution in [0, 0.1) is 0 Å². The number of amides is 1. The van der Waals surface area contributed by atoms with Crippen LogP contribution in [0.25, 0.3) is 0 Å². The normalized spacial score (nSPS) is 16.9. The Morgan fingerprint density at radius 2 is 2.17 bits per heavy atom. The molecule has 100 valence electrons. The van der Waals surface area contributed by atoms with Gasteiger partial charge in [-0.3, -0.25) is 4.79 Å². The van der Waals surface area contributed by atoms with Crippen LogP contribution in [0.2, 0.25) is 0 Å². The minimum Gasteiger partial charge on any atom is -0.366 e. The van der Waals surface area contributed by atoms with Gasteiger partial charge in [-0.15, -0.1) is 11.3 Å². The van der Waals surface area contributed by atoms with Crippen LogP contribution < -0.4 is 11.1 Å². The van der Waals surface area contributed by atoms with E-state index in [4.69, 9.17) is 5.73 Å². The van der Waals surface area contributed by atoms with Crippen molar-refractivity contribution in [2.75, 3.05) is 26.2 Å². The van der Waals surface area contributed by atoms with Crippen molar-refractivity contribution in [1.82, 2.24) is 10.2 Å². The van der Waals surface area contributed by atoms with Gasteiger partial charge >= 0.3 is 0 Å². The van der Waals surface area contributed by atoms with Crippen molar-refractivity contribution in [3.05, 3.63) is 21.9 Å². The van der Waals surface area contributed by atoms with Gasteiger partial charge in [0.25, 0.3) is 0 Å². The van der Waals surface area contributed by atoms with E-state index >= 15 is 0 Å². The first-order valence-electron chi connectivity index (χ1n) is 6.56. The molecule has 0 atom stereocenters. The molecule has 0 saturated carbocycles. The lowest BCUT2D eigenvalue weighted by Gasteiger charge is -2.26. The maximum absolute atomic E-state index is 11.0. The molecule has 2 rings (SSSR count). The molecule has 1 aliphatic rings. The van der Waals surface area contributed by atoms with Crippen LogP contribution in [0.1, 0.15) is 34.5 Å². The molecule has 4 nitrogen and oxygen atoms in total. The molecule has 1 amide bonds. The zero-order valence-electron chi connectivity index (χ0n) is 10.7. The molecule has 1 fully saturated rings. The van der Waals surface area contributed by atoms with E-state index in [2.05, 4.69) is 10.2 Å². The van der Waals surface area contributed by atoms with E-state index in [9.17, 15) is 4.79 Å². The third-order valence-corrected chi connectivity index (χ3v) is 4.23. The topological polar surface area (TPSA) is 58.4 Å². The number of piperidine rings is 1. The van der Waals surface area contributed by atoms with Crippen LogP contribution in [-0.2, 0) is 6.54 Å². The number of primary amides is 1. The van der Waals surface area contributed by atoms with Gasteiger partial charge in [0.2, 0.25) is 5.91 Å². The maximum atomic E-state index is 11.0. The van der Waals surface area contributed by atoms with Crippen molar-refractivity contribution >= 4 is 17.2 Å². The molecule has 5 heteroatoms. The van der Waals surface area contributed by atoms with E-state index in [1.807, 2.05) is 11.4 Å². The molecule has 0 radical (unpaired) electrons. The molecule has 18 heavy (non-hydrogen) atoms. The zero-order valence-corrected chi connectivity index (χ0v) is 11.5. The molecule has 1 aromatic rings. The Kier molecular flexibility index (Phi) is 5.16. The predicted octanol–water partition coefficient (Wildman–Crippen LogP) is 1.42. The molecule has 0 spiro atoms. The fourth-order valence-electron chi connectivity index (χ4n) is 2.23. The van der Waals surface area contributed by atoms with Gasteiger partial charge in [-0.05, 0) is 32.0 Å². The van der Waals surface area contributed by atoms with E-state index in [1.165, 1.54) is 37.2 Å². The fourth-order valence-corrected chi connectivity index (χ4v) is 3.08. The van der Waals surface area contributed by atoms with Gasteiger partial charge in [-0.25, -0.2) is 0 Å². The molecule has 0 bridgehead atoms. The quantitative estimate of drug-likeness (QED) is 0.766. The Hall–Kier alpha value is -0.910. The standard InChI is InChI=1S/C13H21N3OS/c14-13(17)11-8-12(18-10-11)9-15-4-7-16-5-2-1-3-6-16/h8,10,15H,1-7,9H2,(H2,14,17). The number of likely N-dealkylation sites (tertiary alicyclic amines) is 1. The van der Waals surface area contributed by atoms with E-state index in [0.717, 1.165) is 19.6 Å². The summed E-state index contributed by atoms with van der Waals surface area (Å²) in [6, 6.07) is 1.88. The van der Waals surface area contributed by atoms with Crippen LogP contribution in [0.3, 0.4) is 0 Å². The van der Waals surface area contributed by atoms with Gasteiger partial charge in [0, 0.05) is 29.9 Å². The van der Waals surface area contributed by atoms with Crippen LogP contribution in [0.15, 0.2) is 11.4 Å². The first-order valence-corrected chi connectivity index (χ1v) is 7.44. The van der Waals surface area contributed by atoms with E-state index < -0.39 is 0 Å². The van der Waals surface area contributed by atoms with Crippen molar-refractivity contribution < 1.29 is 4.79 Å². The van der Waals surface area contributed by atoms with Gasteiger partial charge in [0.05, 0.1) is 5.56 Å². The summed E-state index contributed by atoms with van der Waals surface area (Å²) in [6.07, 6.45) is 4.06. The van der Waals surface area contributed by atoms with Gasteiger partial charge in [-0.1, -0.05) is 6.42 Å². The molecule has 1 aromatic heterocycles. The smallest absolute Gasteiger partial charge is 0.249 e. The SMILES string of the molecule is NC(=O)c1csc(CNCCN2CCCCC2)c1. The third kappa shape index (κ3) is 4.08. The van der Waals surface area contributed by atoms with Crippen molar-refractivity contribution in [3.63, 3.8) is 0 Å². The number of rotatable bonds is 6. The maximum Gasteiger partial charge on any atom is 0.249 e. The highest BCUT2D eigenvalue weighted by Gasteiger charge is 2.09. The summed E-state index contributed by atoms with van der Waals surface area (Å²) >= 11 is 1.59. The van der Waals surface area contributed by atoms with Gasteiger partial charge in [-0.2, -0.15) is 0 Å². The summed E-state index contributed by atoms with van der Waals surface area (Å²) in [5.41, 5.74) is 5.84. The molecular weight excluding hydrogens is 246 g/mol. The first-order chi connectivity index (χ1) is 8.75. The number of nitrogens with one attached hydrogen (secondary N) is 1. The Bertz CT molecular complexity index is 385. The van der Waals surface area contributed by atoms with E-state index in [0.29, 0.717) is 5.56 Å². The van der Waals surface area contributed by atoms with E-state index in [-0.39, 0.29) is 5.91 Å². The number of carbonyl (C=O) groups is 1. The Balaban J connectivity index is 1.63. The van der Waals surface area contributed by atoms with Crippen LogP contribution in [-0.4, -0.2) is 37.0 Å². The van der Waals surface area contributed by atoms with Crippen molar-refractivity contribution in [2.45, 2.75) is 25.8 Å². The summed E-state index contributed by atoms with van der Waals surface area (Å²) in [5.74, 6) is -0.342. The van der Waals surface area contributed by atoms with Crippen LogP contribution in [0.4, 0.5) is 0 Å². The fraction of sp³-hybridized carbons (Fsp3) is 0.615. The van der Waals surface area contributed by atoms with Crippen molar-refractivity contribution in [2.24, 2.45) is 5.73 Å². The molecule has 0 unspecified atom stereocenters. The first kappa shape index (κ1) is 13.5. The molecule has 0 aromatic carbocycles. The number of thiophene rings is 1. The largest absolute Gasteiger partial charge is 0.366 e. The average Bonchev–Trinajstić information content (AvgIpc) is 2.85. The van der Waals surface area contributed by atoms with Crippen molar-refractivity contribution in [3.8, 4) is 0 Å². The number of nitrogens with zero attached hydrogens (tertiary/aromatic N) is 1. The summed E-state index contributed by atoms with van der Waals surface area (Å²) in [6.45, 7) is 5.43. The molecule has 1 saturated heterocycles. The number of nitrogens with two attached hydrogens (primary N) is 1. The molecule has 3 N–H and O–H groups in total. The monoisotopic (exact) mass is 267 g/mol. The minimum atomic E-state index is -0.342. The minimum absolute atomic E-state index is 0.342. The molecular formula is C13H21N3OS. The van der Waals surface area contributed by atoms with Crippen molar-refractivity contribution in [1.29, 1.82) is 0 Å².